The van der Waals surface area contributed by atoms with E-state index in [1.54, 1.807) is 0 Å². The predicted octanol–water partition coefficient (Wildman–Crippen LogP) is 2.61. The second-order valence-corrected chi connectivity index (χ2v) is 3.41. The van der Waals surface area contributed by atoms with Crippen molar-refractivity contribution in [3.8, 4) is 0 Å². The third kappa shape index (κ3) is 6.57. The van der Waals surface area contributed by atoms with E-state index in [-0.39, 0.29) is 32.7 Å². The molecule has 0 unspecified atom stereocenters. The molecule has 1 radical (unpaired) electrons. The van der Waals surface area contributed by atoms with Gasteiger partial charge in [0.05, 0.1) is 0 Å². The monoisotopic (exact) mass is 245 g/mol. The SMILES string of the molecule is CC.C[C@@H]1C[C@H](C)[CH-][C@H](N)C1.[Y]. The van der Waals surface area contributed by atoms with Crippen molar-refractivity contribution in [3.05, 3.63) is 6.42 Å². The Kier molecular flexibility index (Phi) is 11.2. The van der Waals surface area contributed by atoms with Crippen LogP contribution in [0.5, 0.6) is 0 Å². The van der Waals surface area contributed by atoms with Crippen LogP contribution in [0.25, 0.3) is 0 Å². The average Bonchev–Trinajstić information content (AvgIpc) is 1.88. The molecule has 12 heavy (non-hydrogen) atoms. The van der Waals surface area contributed by atoms with Gasteiger partial charge in [0.2, 0.25) is 0 Å². The molecule has 0 aromatic heterocycles. The maximum atomic E-state index is 5.76. The minimum absolute atomic E-state index is 0. The van der Waals surface area contributed by atoms with Gasteiger partial charge < -0.3 is 12.2 Å². The minimum Gasteiger partial charge on any atom is -0.357 e. The van der Waals surface area contributed by atoms with Crippen molar-refractivity contribution < 1.29 is 32.7 Å². The van der Waals surface area contributed by atoms with Crippen molar-refractivity contribution in [1.82, 2.24) is 0 Å². The van der Waals surface area contributed by atoms with Crippen LogP contribution in [0.15, 0.2) is 0 Å². The molecule has 0 aromatic rings. The van der Waals surface area contributed by atoms with Gasteiger partial charge in [-0.2, -0.15) is 5.92 Å². The van der Waals surface area contributed by atoms with Gasteiger partial charge in [-0.05, 0) is 5.92 Å². The molecular formula is C10H22NY-. The molecule has 1 aliphatic carbocycles. The predicted molar refractivity (Wildman–Crippen MR) is 51.2 cm³/mol. The van der Waals surface area contributed by atoms with E-state index in [0.717, 1.165) is 11.8 Å². The van der Waals surface area contributed by atoms with Crippen molar-refractivity contribution >= 4 is 0 Å². The van der Waals surface area contributed by atoms with Gasteiger partial charge in [0, 0.05) is 32.7 Å². The minimum atomic E-state index is 0. The number of hydrogen-bond acceptors (Lipinski definition) is 1. The number of nitrogens with two attached hydrogens (primary N) is 1. The Morgan fingerprint density at radius 3 is 2.00 bits per heavy atom. The summed E-state index contributed by atoms with van der Waals surface area (Å²) in [6, 6.07) is 0.365. The van der Waals surface area contributed by atoms with E-state index in [1.165, 1.54) is 12.8 Å². The van der Waals surface area contributed by atoms with Gasteiger partial charge in [-0.25, -0.2) is 0 Å². The standard InChI is InChI=1S/C8H16N.C2H6.Y/c1-6-3-7(2)5-8(9)4-6;1-2;/h4,6-8H,3,5,9H2,1-2H3;1-2H3;/q-1;;/t6-,7+,8-;;/m0../s1. The summed E-state index contributed by atoms with van der Waals surface area (Å²) in [7, 11) is 0. The molecule has 2 N–H and O–H groups in total. The first-order chi connectivity index (χ1) is 5.18. The number of hydrogen-bond donors (Lipinski definition) is 1. The van der Waals surface area contributed by atoms with Gasteiger partial charge in [-0.15, -0.1) is 6.04 Å². The van der Waals surface area contributed by atoms with Gasteiger partial charge >= 0.3 is 0 Å². The van der Waals surface area contributed by atoms with Crippen LogP contribution in [-0.4, -0.2) is 6.04 Å². The summed E-state index contributed by atoms with van der Waals surface area (Å²) < 4.78 is 0. The van der Waals surface area contributed by atoms with Gasteiger partial charge in [-0.1, -0.05) is 40.5 Å². The van der Waals surface area contributed by atoms with Crippen LogP contribution < -0.4 is 5.73 Å². The quantitative estimate of drug-likeness (QED) is 0.652. The summed E-state index contributed by atoms with van der Waals surface area (Å²) in [6.07, 6.45) is 4.78. The molecule has 2 heteroatoms. The van der Waals surface area contributed by atoms with Crippen LogP contribution in [-0.2, 0) is 32.7 Å². The van der Waals surface area contributed by atoms with Crippen molar-refractivity contribution in [2.75, 3.05) is 0 Å². The fourth-order valence-electron chi connectivity index (χ4n) is 1.77. The molecule has 0 amide bonds. The van der Waals surface area contributed by atoms with Gasteiger partial charge in [0.1, 0.15) is 0 Å². The Bertz CT molecular complexity index is 70.8. The molecule has 1 saturated carbocycles. The van der Waals surface area contributed by atoms with E-state index >= 15 is 0 Å². The van der Waals surface area contributed by atoms with Crippen LogP contribution in [0.2, 0.25) is 0 Å². The molecule has 1 fully saturated rings. The van der Waals surface area contributed by atoms with Gasteiger partial charge in [0.15, 0.2) is 0 Å². The van der Waals surface area contributed by atoms with Crippen LogP contribution in [0.1, 0.15) is 40.5 Å². The first-order valence-corrected chi connectivity index (χ1v) is 4.79. The maximum absolute atomic E-state index is 5.76. The van der Waals surface area contributed by atoms with Crippen molar-refractivity contribution in [3.63, 3.8) is 0 Å². The van der Waals surface area contributed by atoms with Crippen LogP contribution in [0.4, 0.5) is 0 Å². The number of rotatable bonds is 0. The third-order valence-corrected chi connectivity index (χ3v) is 2.02. The third-order valence-electron chi connectivity index (χ3n) is 2.02. The zero-order valence-corrected chi connectivity index (χ0v) is 11.7. The molecule has 0 bridgehead atoms. The summed E-state index contributed by atoms with van der Waals surface area (Å²) in [5.74, 6) is 1.57. The van der Waals surface area contributed by atoms with Crippen LogP contribution in [0, 0.1) is 18.3 Å². The maximum Gasteiger partial charge on any atom is 0 e. The Morgan fingerprint density at radius 2 is 1.67 bits per heavy atom. The molecule has 0 aliphatic heterocycles. The molecule has 0 spiro atoms. The van der Waals surface area contributed by atoms with Crippen LogP contribution >= 0.6 is 0 Å². The van der Waals surface area contributed by atoms with E-state index in [2.05, 4.69) is 20.3 Å². The molecule has 0 aromatic carbocycles. The molecule has 3 atom stereocenters. The topological polar surface area (TPSA) is 26.0 Å². The van der Waals surface area contributed by atoms with E-state index in [0.29, 0.717) is 6.04 Å². The fraction of sp³-hybridized carbons (Fsp3) is 0.900. The normalized spacial score (nSPS) is 34.2. The van der Waals surface area contributed by atoms with E-state index in [4.69, 9.17) is 5.73 Å². The van der Waals surface area contributed by atoms with E-state index in [9.17, 15) is 0 Å². The van der Waals surface area contributed by atoms with Gasteiger partial charge in [0.25, 0.3) is 0 Å². The second kappa shape index (κ2) is 8.65. The van der Waals surface area contributed by atoms with E-state index in [1.807, 2.05) is 13.8 Å². The Hall–Kier alpha value is 1.06. The Labute approximate surface area is 103 Å². The summed E-state index contributed by atoms with van der Waals surface area (Å²) in [5, 5.41) is 0. The smallest absolute Gasteiger partial charge is 0 e. The first kappa shape index (κ1) is 15.5. The molecule has 1 rings (SSSR count). The summed E-state index contributed by atoms with van der Waals surface area (Å²) in [4.78, 5) is 0. The summed E-state index contributed by atoms with van der Waals surface area (Å²) in [6.45, 7) is 8.53. The van der Waals surface area contributed by atoms with Crippen molar-refractivity contribution in [2.24, 2.45) is 17.6 Å². The largest absolute Gasteiger partial charge is 0.357 e. The Balaban J connectivity index is 0. The van der Waals surface area contributed by atoms with Gasteiger partial charge in [-0.3, -0.25) is 0 Å². The molecule has 0 heterocycles. The van der Waals surface area contributed by atoms with Crippen molar-refractivity contribution in [1.29, 1.82) is 0 Å². The zero-order valence-electron chi connectivity index (χ0n) is 8.88. The second-order valence-electron chi connectivity index (χ2n) is 3.41. The fourth-order valence-corrected chi connectivity index (χ4v) is 1.77. The molecular weight excluding hydrogens is 223 g/mol. The van der Waals surface area contributed by atoms with E-state index < -0.39 is 0 Å². The molecule has 1 aliphatic rings. The first-order valence-electron chi connectivity index (χ1n) is 4.79. The molecule has 71 valence electrons. The van der Waals surface area contributed by atoms with Crippen molar-refractivity contribution in [2.45, 2.75) is 46.6 Å². The molecule has 0 saturated heterocycles. The summed E-state index contributed by atoms with van der Waals surface area (Å²) in [5.41, 5.74) is 5.76. The average molecular weight is 245 g/mol. The summed E-state index contributed by atoms with van der Waals surface area (Å²) >= 11 is 0. The molecule has 1 nitrogen and oxygen atoms in total. The van der Waals surface area contributed by atoms with Crippen LogP contribution in [0.3, 0.4) is 0 Å². The Morgan fingerprint density at radius 1 is 1.17 bits per heavy atom. The zero-order chi connectivity index (χ0) is 8.85.